The van der Waals surface area contributed by atoms with Crippen LogP contribution in [0.5, 0.6) is 0 Å². The van der Waals surface area contributed by atoms with E-state index in [0.717, 1.165) is 18.5 Å². The van der Waals surface area contributed by atoms with E-state index in [1.54, 1.807) is 0 Å². The number of amides is 1. The molecule has 0 aliphatic rings. The third-order valence-electron chi connectivity index (χ3n) is 3.85. The van der Waals surface area contributed by atoms with Crippen LogP contribution < -0.4 is 14.8 Å². The number of hydrogen-bond donors (Lipinski definition) is 4. The number of aliphatic carboxylic acids is 1. The molecule has 0 aliphatic carbocycles. The van der Waals surface area contributed by atoms with Gasteiger partial charge in [-0.1, -0.05) is 6.07 Å². The fourth-order valence-electron chi connectivity index (χ4n) is 2.43. The van der Waals surface area contributed by atoms with Crippen molar-refractivity contribution in [2.24, 2.45) is 0 Å². The molecule has 12 nitrogen and oxygen atoms in total. The lowest BCUT2D eigenvalue weighted by Gasteiger charge is -2.11. The minimum Gasteiger partial charge on any atom is -0.481 e. The minimum atomic E-state index is -3.99. The zero-order valence-corrected chi connectivity index (χ0v) is 18.3. The first-order valence-electron chi connectivity index (χ1n) is 8.90. The topological polar surface area (TPSA) is 189 Å². The van der Waals surface area contributed by atoms with Gasteiger partial charge in [0.05, 0.1) is 41.4 Å². The van der Waals surface area contributed by atoms with Crippen molar-refractivity contribution >= 4 is 43.9 Å². The normalized spacial score (nSPS) is 12.5. The number of pyridine rings is 1. The Kier molecular flexibility index (Phi) is 8.02. The Morgan fingerprint density at radius 1 is 1.16 bits per heavy atom. The summed E-state index contributed by atoms with van der Waals surface area (Å²) in [4.78, 5) is 37.4. The van der Waals surface area contributed by atoms with Gasteiger partial charge >= 0.3 is 5.97 Å². The maximum Gasteiger partial charge on any atom is 0.305 e. The fourth-order valence-corrected chi connectivity index (χ4v) is 4.03. The van der Waals surface area contributed by atoms with Crippen molar-refractivity contribution in [2.45, 2.75) is 23.9 Å². The van der Waals surface area contributed by atoms with E-state index in [-0.39, 0.29) is 28.4 Å². The van der Waals surface area contributed by atoms with Gasteiger partial charge in [0.1, 0.15) is 6.29 Å². The molecule has 1 aromatic heterocycles. The van der Waals surface area contributed by atoms with Gasteiger partial charge in [0.25, 0.3) is 5.91 Å². The van der Waals surface area contributed by atoms with Crippen LogP contribution in [-0.2, 0) is 36.2 Å². The average Bonchev–Trinajstić information content (AvgIpc) is 2.70. The quantitative estimate of drug-likeness (QED) is 0.310. The number of nitrogens with zero attached hydrogens (tertiary/aromatic N) is 1. The Balaban J connectivity index is 2.03. The Labute approximate surface area is 184 Å². The van der Waals surface area contributed by atoms with Crippen molar-refractivity contribution in [2.75, 3.05) is 11.0 Å². The summed E-state index contributed by atoms with van der Waals surface area (Å²) in [5.41, 5.74) is 0.404. The predicted octanol–water partition coefficient (Wildman–Crippen LogP) is -0.296. The van der Waals surface area contributed by atoms with Gasteiger partial charge in [0, 0.05) is 11.9 Å². The van der Waals surface area contributed by atoms with E-state index in [1.165, 1.54) is 30.3 Å². The van der Waals surface area contributed by atoms with E-state index in [2.05, 4.69) is 19.7 Å². The number of benzene rings is 1. The molecule has 0 aliphatic heterocycles. The number of carbonyl (C=O) groups excluding carboxylic acids is 2. The lowest BCUT2D eigenvalue weighted by atomic mass is 10.2. The number of aldehydes is 1. The standard InChI is InChI=1S/C18H20N4O8S2/c1-31(27,28)22-13-3-2-4-16(7-13)32(29,30)20-10-14-6-5-12(9-19-14)18(26)21-15(11-23)8-17(24)25/h2-7,9,11,15,20,22H,8,10H2,1H3,(H,21,26)(H,24,25)/t15-/m0/s1. The van der Waals surface area contributed by atoms with Crippen LogP contribution in [0, 0.1) is 0 Å². The molecule has 2 rings (SSSR count). The van der Waals surface area contributed by atoms with E-state index in [1.807, 2.05) is 0 Å². The molecule has 0 saturated carbocycles. The monoisotopic (exact) mass is 484 g/mol. The molecular formula is C18H20N4O8S2. The Morgan fingerprint density at radius 2 is 1.88 bits per heavy atom. The summed E-state index contributed by atoms with van der Waals surface area (Å²) < 4.78 is 52.1. The maximum absolute atomic E-state index is 12.5. The second-order valence-corrected chi connectivity index (χ2v) is 10.1. The van der Waals surface area contributed by atoms with Gasteiger partial charge in [-0.3, -0.25) is 19.3 Å². The first-order chi connectivity index (χ1) is 14.9. The molecule has 14 heteroatoms. The molecule has 1 amide bonds. The van der Waals surface area contributed by atoms with Crippen LogP contribution >= 0.6 is 0 Å². The molecule has 1 aromatic carbocycles. The number of rotatable bonds is 11. The van der Waals surface area contributed by atoms with E-state index in [9.17, 15) is 31.2 Å². The first kappa shape index (κ1) is 24.9. The van der Waals surface area contributed by atoms with Crippen molar-refractivity contribution in [3.63, 3.8) is 0 Å². The van der Waals surface area contributed by atoms with Crippen LogP contribution in [0.4, 0.5) is 5.69 Å². The lowest BCUT2D eigenvalue weighted by Crippen LogP contribution is -2.37. The van der Waals surface area contributed by atoms with E-state index < -0.39 is 44.4 Å². The van der Waals surface area contributed by atoms with Crippen molar-refractivity contribution in [3.05, 3.63) is 53.9 Å². The Morgan fingerprint density at radius 3 is 2.44 bits per heavy atom. The lowest BCUT2D eigenvalue weighted by molar-refractivity contribution is -0.138. The van der Waals surface area contributed by atoms with Crippen LogP contribution in [0.2, 0.25) is 0 Å². The third-order valence-corrected chi connectivity index (χ3v) is 5.86. The summed E-state index contributed by atoms with van der Waals surface area (Å²) in [6, 6.07) is 6.75. The molecular weight excluding hydrogens is 464 g/mol. The largest absolute Gasteiger partial charge is 0.481 e. The van der Waals surface area contributed by atoms with Gasteiger partial charge in [-0.05, 0) is 30.3 Å². The fraction of sp³-hybridized carbons (Fsp3) is 0.222. The number of carboxylic acid groups (broad SMARTS) is 1. The number of anilines is 1. The van der Waals surface area contributed by atoms with Gasteiger partial charge < -0.3 is 15.2 Å². The number of nitrogens with one attached hydrogen (secondary N) is 3. The van der Waals surface area contributed by atoms with E-state index >= 15 is 0 Å². The summed E-state index contributed by atoms with van der Waals surface area (Å²) >= 11 is 0. The van der Waals surface area contributed by atoms with Crippen LogP contribution in [0.1, 0.15) is 22.5 Å². The second kappa shape index (κ2) is 10.3. The van der Waals surface area contributed by atoms with Crippen LogP contribution in [-0.4, -0.2) is 57.4 Å². The highest BCUT2D eigenvalue weighted by atomic mass is 32.2. The Hall–Kier alpha value is -3.36. The molecule has 0 saturated heterocycles. The van der Waals surface area contributed by atoms with Crippen molar-refractivity contribution in [1.82, 2.24) is 15.0 Å². The van der Waals surface area contributed by atoms with Crippen molar-refractivity contribution < 1.29 is 36.3 Å². The highest BCUT2D eigenvalue weighted by Crippen LogP contribution is 2.16. The zero-order chi connectivity index (χ0) is 23.9. The van der Waals surface area contributed by atoms with Crippen molar-refractivity contribution in [3.8, 4) is 0 Å². The molecule has 1 heterocycles. The molecule has 1 atom stereocenters. The molecule has 32 heavy (non-hydrogen) atoms. The highest BCUT2D eigenvalue weighted by molar-refractivity contribution is 7.92. The van der Waals surface area contributed by atoms with Crippen LogP contribution in [0.3, 0.4) is 0 Å². The van der Waals surface area contributed by atoms with Gasteiger partial charge in [-0.2, -0.15) is 0 Å². The molecule has 2 aromatic rings. The Bertz CT molecular complexity index is 1210. The minimum absolute atomic E-state index is 0.0494. The molecule has 0 bridgehead atoms. The van der Waals surface area contributed by atoms with Gasteiger partial charge in [0.15, 0.2) is 0 Å². The van der Waals surface area contributed by atoms with Gasteiger partial charge in [0.2, 0.25) is 20.0 Å². The van der Waals surface area contributed by atoms with E-state index in [0.29, 0.717) is 6.29 Å². The predicted molar refractivity (Wildman–Crippen MR) is 113 cm³/mol. The average molecular weight is 485 g/mol. The molecule has 0 radical (unpaired) electrons. The van der Waals surface area contributed by atoms with Gasteiger partial charge in [-0.25, -0.2) is 21.6 Å². The molecule has 0 fully saturated rings. The SMILES string of the molecule is CS(=O)(=O)Nc1cccc(S(=O)(=O)NCc2ccc(C(=O)N[C@H](C=O)CC(=O)O)cn2)c1. The number of aromatic nitrogens is 1. The molecule has 4 N–H and O–H groups in total. The summed E-state index contributed by atoms with van der Waals surface area (Å²) in [6.07, 6.45) is 1.83. The summed E-state index contributed by atoms with van der Waals surface area (Å²) in [5, 5.41) is 10.9. The first-order valence-corrected chi connectivity index (χ1v) is 12.3. The highest BCUT2D eigenvalue weighted by Gasteiger charge is 2.18. The number of hydrogen-bond acceptors (Lipinski definition) is 8. The molecule has 172 valence electrons. The smallest absolute Gasteiger partial charge is 0.305 e. The number of carboxylic acids is 1. The second-order valence-electron chi connectivity index (χ2n) is 6.58. The molecule has 0 unspecified atom stereocenters. The molecule has 0 spiro atoms. The number of carbonyl (C=O) groups is 3. The van der Waals surface area contributed by atoms with Crippen molar-refractivity contribution in [1.29, 1.82) is 0 Å². The van der Waals surface area contributed by atoms with E-state index in [4.69, 9.17) is 5.11 Å². The summed E-state index contributed by atoms with van der Waals surface area (Å²) in [7, 11) is -7.57. The zero-order valence-electron chi connectivity index (χ0n) is 16.7. The summed E-state index contributed by atoms with van der Waals surface area (Å²) in [6.45, 7) is -0.218. The number of sulfonamides is 2. The van der Waals surface area contributed by atoms with Crippen LogP contribution in [0.25, 0.3) is 0 Å². The maximum atomic E-state index is 12.5. The van der Waals surface area contributed by atoms with Gasteiger partial charge in [-0.15, -0.1) is 0 Å². The third kappa shape index (κ3) is 7.72. The van der Waals surface area contributed by atoms with Crippen LogP contribution in [0.15, 0.2) is 47.5 Å². The summed E-state index contributed by atoms with van der Waals surface area (Å²) in [5.74, 6) is -1.96.